The van der Waals surface area contributed by atoms with Gasteiger partial charge >= 0.3 is 0 Å². The van der Waals surface area contributed by atoms with Crippen LogP contribution in [-0.2, 0) is 0 Å². The zero-order chi connectivity index (χ0) is 14.8. The summed E-state index contributed by atoms with van der Waals surface area (Å²) in [6.07, 6.45) is 0. The van der Waals surface area contributed by atoms with Crippen molar-refractivity contribution in [2.24, 2.45) is 0 Å². The van der Waals surface area contributed by atoms with Gasteiger partial charge in [-0.15, -0.1) is 11.3 Å². The van der Waals surface area contributed by atoms with Crippen molar-refractivity contribution >= 4 is 22.2 Å². The second-order valence-corrected chi connectivity index (χ2v) is 6.44. The smallest absolute Gasteiger partial charge is 0.187 e. The minimum Gasteiger partial charge on any atom is -0.331 e. The van der Waals surface area contributed by atoms with Gasteiger partial charge in [0.15, 0.2) is 5.13 Å². The molecule has 0 atom stereocenters. The lowest BCUT2D eigenvalue weighted by Gasteiger charge is -2.07. The van der Waals surface area contributed by atoms with Gasteiger partial charge in [-0.05, 0) is 32.4 Å². The maximum absolute atomic E-state index is 4.75. The zero-order valence-electron chi connectivity index (χ0n) is 12.5. The number of rotatable bonds is 3. The molecular weight excluding hydrogens is 276 g/mol. The Morgan fingerprint density at radius 2 is 1.71 bits per heavy atom. The van der Waals surface area contributed by atoms with E-state index >= 15 is 0 Å². The topological polar surface area (TPSA) is 24.9 Å². The molecule has 0 bridgehead atoms. The van der Waals surface area contributed by atoms with E-state index in [1.54, 1.807) is 11.3 Å². The summed E-state index contributed by atoms with van der Waals surface area (Å²) in [7, 11) is 0. The monoisotopic (exact) mass is 294 g/mol. The van der Waals surface area contributed by atoms with Crippen molar-refractivity contribution in [3.8, 4) is 11.3 Å². The Kier molecular flexibility index (Phi) is 3.76. The third-order valence-electron chi connectivity index (χ3n) is 3.47. The number of aryl methyl sites for hydroxylation is 3. The maximum Gasteiger partial charge on any atom is 0.187 e. The summed E-state index contributed by atoms with van der Waals surface area (Å²) in [4.78, 5) is 5.98. The first-order chi connectivity index (χ1) is 10.1. The largest absolute Gasteiger partial charge is 0.331 e. The normalized spacial score (nSPS) is 10.6. The standard InChI is InChI=1S/C18H18N2S/c1-12-9-10-16(13(2)11-12)19-18-20-17(14(3)21-18)15-7-5-4-6-8-15/h4-11H,1-3H3,(H,19,20). The molecule has 0 fully saturated rings. The Hall–Kier alpha value is -2.13. The van der Waals surface area contributed by atoms with Crippen LogP contribution in [0.5, 0.6) is 0 Å². The number of hydrogen-bond donors (Lipinski definition) is 1. The first-order valence-electron chi connectivity index (χ1n) is 7.00. The van der Waals surface area contributed by atoms with Crippen LogP contribution in [0, 0.1) is 20.8 Å². The van der Waals surface area contributed by atoms with E-state index in [0.717, 1.165) is 16.5 Å². The molecule has 2 aromatic carbocycles. The van der Waals surface area contributed by atoms with Crippen LogP contribution in [0.2, 0.25) is 0 Å². The minimum absolute atomic E-state index is 0.943. The Balaban J connectivity index is 1.91. The molecule has 3 rings (SSSR count). The number of benzene rings is 2. The lowest BCUT2D eigenvalue weighted by atomic mass is 10.1. The molecule has 0 spiro atoms. The van der Waals surface area contributed by atoms with Crippen LogP contribution >= 0.6 is 11.3 Å². The number of nitrogens with one attached hydrogen (secondary N) is 1. The van der Waals surface area contributed by atoms with Crippen molar-refractivity contribution < 1.29 is 0 Å². The van der Waals surface area contributed by atoms with E-state index in [1.165, 1.54) is 21.6 Å². The Labute approximate surface area is 129 Å². The molecule has 0 saturated heterocycles. The highest BCUT2D eigenvalue weighted by Gasteiger charge is 2.10. The van der Waals surface area contributed by atoms with Crippen LogP contribution in [0.15, 0.2) is 48.5 Å². The summed E-state index contributed by atoms with van der Waals surface area (Å²) in [5.41, 5.74) is 5.87. The fraction of sp³-hybridized carbons (Fsp3) is 0.167. The quantitative estimate of drug-likeness (QED) is 0.692. The maximum atomic E-state index is 4.75. The summed E-state index contributed by atoms with van der Waals surface area (Å²) in [5, 5.41) is 4.38. The minimum atomic E-state index is 0.943. The summed E-state index contributed by atoms with van der Waals surface area (Å²) in [6.45, 7) is 6.35. The number of nitrogens with zero attached hydrogens (tertiary/aromatic N) is 1. The average Bonchev–Trinajstić information content (AvgIpc) is 2.84. The predicted molar refractivity (Wildman–Crippen MR) is 91.5 cm³/mol. The van der Waals surface area contributed by atoms with E-state index in [9.17, 15) is 0 Å². The van der Waals surface area contributed by atoms with Gasteiger partial charge in [0.2, 0.25) is 0 Å². The van der Waals surface area contributed by atoms with E-state index in [-0.39, 0.29) is 0 Å². The molecule has 0 saturated carbocycles. The Morgan fingerprint density at radius 3 is 2.43 bits per heavy atom. The van der Waals surface area contributed by atoms with Crippen molar-refractivity contribution in [2.75, 3.05) is 5.32 Å². The summed E-state index contributed by atoms with van der Waals surface area (Å²) in [6, 6.07) is 16.7. The third kappa shape index (κ3) is 2.98. The highest BCUT2D eigenvalue weighted by atomic mass is 32.1. The fourth-order valence-electron chi connectivity index (χ4n) is 2.38. The molecule has 0 aliphatic carbocycles. The van der Waals surface area contributed by atoms with E-state index in [4.69, 9.17) is 4.98 Å². The lowest BCUT2D eigenvalue weighted by Crippen LogP contribution is -1.93. The molecule has 0 aliphatic heterocycles. The molecule has 0 aliphatic rings. The van der Waals surface area contributed by atoms with Crippen LogP contribution in [0.1, 0.15) is 16.0 Å². The van der Waals surface area contributed by atoms with Gasteiger partial charge in [0.05, 0.1) is 5.69 Å². The molecule has 1 heterocycles. The number of anilines is 2. The lowest BCUT2D eigenvalue weighted by molar-refractivity contribution is 1.33. The van der Waals surface area contributed by atoms with Gasteiger partial charge in [0, 0.05) is 16.1 Å². The molecule has 1 aromatic heterocycles. The van der Waals surface area contributed by atoms with Crippen molar-refractivity contribution in [2.45, 2.75) is 20.8 Å². The molecule has 0 radical (unpaired) electrons. The van der Waals surface area contributed by atoms with Crippen LogP contribution in [0.25, 0.3) is 11.3 Å². The molecule has 3 heteroatoms. The van der Waals surface area contributed by atoms with E-state index in [0.29, 0.717) is 0 Å². The first-order valence-corrected chi connectivity index (χ1v) is 7.82. The molecule has 21 heavy (non-hydrogen) atoms. The molecular formula is C18H18N2S. The highest BCUT2D eigenvalue weighted by Crippen LogP contribution is 2.32. The van der Waals surface area contributed by atoms with Crippen LogP contribution in [-0.4, -0.2) is 4.98 Å². The van der Waals surface area contributed by atoms with Gasteiger partial charge in [0.1, 0.15) is 0 Å². The summed E-state index contributed by atoms with van der Waals surface area (Å²) >= 11 is 1.69. The van der Waals surface area contributed by atoms with E-state index in [1.807, 2.05) is 18.2 Å². The van der Waals surface area contributed by atoms with Gasteiger partial charge < -0.3 is 5.32 Å². The summed E-state index contributed by atoms with van der Waals surface area (Å²) < 4.78 is 0. The number of aromatic nitrogens is 1. The second-order valence-electron chi connectivity index (χ2n) is 5.23. The summed E-state index contributed by atoms with van der Waals surface area (Å²) in [5.74, 6) is 0. The molecule has 3 aromatic rings. The van der Waals surface area contributed by atoms with Gasteiger partial charge in [-0.25, -0.2) is 4.98 Å². The zero-order valence-corrected chi connectivity index (χ0v) is 13.3. The number of hydrogen-bond acceptors (Lipinski definition) is 3. The van der Waals surface area contributed by atoms with E-state index in [2.05, 4.69) is 56.4 Å². The third-order valence-corrected chi connectivity index (χ3v) is 4.35. The fourth-order valence-corrected chi connectivity index (χ4v) is 3.23. The molecule has 106 valence electrons. The van der Waals surface area contributed by atoms with Crippen molar-refractivity contribution in [3.05, 3.63) is 64.5 Å². The van der Waals surface area contributed by atoms with Gasteiger partial charge in [-0.2, -0.15) is 0 Å². The molecule has 0 unspecified atom stereocenters. The predicted octanol–water partition coefficient (Wildman–Crippen LogP) is 5.48. The van der Waals surface area contributed by atoms with Crippen molar-refractivity contribution in [1.29, 1.82) is 0 Å². The molecule has 2 nitrogen and oxygen atoms in total. The van der Waals surface area contributed by atoms with Crippen LogP contribution < -0.4 is 5.32 Å². The van der Waals surface area contributed by atoms with Gasteiger partial charge in [-0.1, -0.05) is 48.0 Å². The molecule has 0 amide bonds. The Morgan fingerprint density at radius 1 is 0.952 bits per heavy atom. The first kappa shape index (κ1) is 13.8. The van der Waals surface area contributed by atoms with Gasteiger partial charge in [-0.3, -0.25) is 0 Å². The van der Waals surface area contributed by atoms with Gasteiger partial charge in [0.25, 0.3) is 0 Å². The van der Waals surface area contributed by atoms with Crippen molar-refractivity contribution in [1.82, 2.24) is 4.98 Å². The number of thiazole rings is 1. The van der Waals surface area contributed by atoms with E-state index < -0.39 is 0 Å². The second kappa shape index (κ2) is 5.70. The average molecular weight is 294 g/mol. The Bertz CT molecular complexity index is 760. The highest BCUT2D eigenvalue weighted by molar-refractivity contribution is 7.16. The van der Waals surface area contributed by atoms with Crippen LogP contribution in [0.3, 0.4) is 0 Å². The van der Waals surface area contributed by atoms with Crippen LogP contribution in [0.4, 0.5) is 10.8 Å². The van der Waals surface area contributed by atoms with Crippen molar-refractivity contribution in [3.63, 3.8) is 0 Å². The molecule has 1 N–H and O–H groups in total. The SMILES string of the molecule is Cc1ccc(Nc2nc(-c3ccccc3)c(C)s2)c(C)c1.